The molecule has 1 unspecified atom stereocenters. The number of Topliss-reactive ketones (excluding diaryl/α,β-unsaturated/α-hetero) is 1. The van der Waals surface area contributed by atoms with Crippen molar-refractivity contribution < 1.29 is 4.79 Å². The zero-order valence-electron chi connectivity index (χ0n) is 14.0. The molecule has 3 rings (SSSR count). The van der Waals surface area contributed by atoms with Crippen molar-refractivity contribution in [2.75, 3.05) is 23.3 Å². The molecule has 0 saturated heterocycles. The number of nitrogens with one attached hydrogen (secondary N) is 1. The van der Waals surface area contributed by atoms with Crippen LogP contribution >= 0.6 is 0 Å². The van der Waals surface area contributed by atoms with E-state index in [4.69, 9.17) is 0 Å². The summed E-state index contributed by atoms with van der Waals surface area (Å²) in [5.74, 6) is 0.00429. The van der Waals surface area contributed by atoms with Crippen molar-refractivity contribution in [3.05, 3.63) is 59.2 Å². The molecular weight excluding hydrogens is 298 g/mol. The molecule has 1 aliphatic heterocycles. The molecule has 0 fully saturated rings. The maximum absolute atomic E-state index is 11.5. The Labute approximate surface area is 142 Å². The van der Waals surface area contributed by atoms with E-state index in [2.05, 4.69) is 47.5 Å². The van der Waals surface area contributed by atoms with Crippen molar-refractivity contribution in [1.82, 2.24) is 0 Å². The third-order valence-corrected chi connectivity index (χ3v) is 4.56. The molecule has 4 heteroatoms. The summed E-state index contributed by atoms with van der Waals surface area (Å²) >= 11 is 0. The summed E-state index contributed by atoms with van der Waals surface area (Å²) in [6.07, 6.45) is 1.07. The SMILES string of the molecule is CC(=O)c1ccc(C#N)c(NCCN2c3ccccc3CC2C)c1. The van der Waals surface area contributed by atoms with Gasteiger partial charge >= 0.3 is 0 Å². The maximum atomic E-state index is 11.5. The minimum absolute atomic E-state index is 0.00429. The van der Waals surface area contributed by atoms with Gasteiger partial charge in [-0.1, -0.05) is 18.2 Å². The molecule has 0 spiro atoms. The van der Waals surface area contributed by atoms with Crippen LogP contribution < -0.4 is 10.2 Å². The predicted molar refractivity (Wildman–Crippen MR) is 96.6 cm³/mol. The number of nitrogens with zero attached hydrogens (tertiary/aromatic N) is 2. The van der Waals surface area contributed by atoms with Gasteiger partial charge in [0.1, 0.15) is 6.07 Å². The Balaban J connectivity index is 1.70. The highest BCUT2D eigenvalue weighted by molar-refractivity contribution is 5.95. The first-order valence-corrected chi connectivity index (χ1v) is 8.23. The number of benzene rings is 2. The fourth-order valence-electron chi connectivity index (χ4n) is 3.29. The Morgan fingerprint density at radius 1 is 1.33 bits per heavy atom. The minimum Gasteiger partial charge on any atom is -0.382 e. The van der Waals surface area contributed by atoms with Crippen LogP contribution in [0.1, 0.15) is 35.3 Å². The largest absolute Gasteiger partial charge is 0.382 e. The standard InChI is InChI=1S/C20H21N3O/c1-14-11-17-5-3-4-6-20(17)23(14)10-9-22-19-12-16(15(2)24)7-8-18(19)13-21/h3-8,12,14,22H,9-11H2,1-2H3. The lowest BCUT2D eigenvalue weighted by atomic mass is 10.1. The second-order valence-electron chi connectivity index (χ2n) is 6.23. The molecular formula is C20H21N3O. The first-order chi connectivity index (χ1) is 11.6. The predicted octanol–water partition coefficient (Wildman–Crippen LogP) is 3.62. The first kappa shape index (κ1) is 16.1. The number of carbonyl (C=O) groups is 1. The van der Waals surface area contributed by atoms with Crippen LogP contribution in [-0.2, 0) is 6.42 Å². The van der Waals surface area contributed by atoms with E-state index in [-0.39, 0.29) is 5.78 Å². The third-order valence-electron chi connectivity index (χ3n) is 4.56. The molecule has 0 radical (unpaired) electrons. The summed E-state index contributed by atoms with van der Waals surface area (Å²) in [5.41, 5.74) is 4.60. The summed E-state index contributed by atoms with van der Waals surface area (Å²) in [7, 11) is 0. The van der Waals surface area contributed by atoms with Crippen LogP contribution in [0.2, 0.25) is 0 Å². The Hall–Kier alpha value is -2.80. The second kappa shape index (κ2) is 6.76. The molecule has 0 bridgehead atoms. The summed E-state index contributed by atoms with van der Waals surface area (Å²) in [5, 5.41) is 12.6. The molecule has 2 aromatic carbocycles. The highest BCUT2D eigenvalue weighted by atomic mass is 16.1. The first-order valence-electron chi connectivity index (χ1n) is 8.23. The van der Waals surface area contributed by atoms with E-state index in [1.807, 2.05) is 0 Å². The summed E-state index contributed by atoms with van der Waals surface area (Å²) in [4.78, 5) is 13.9. The molecule has 4 nitrogen and oxygen atoms in total. The van der Waals surface area contributed by atoms with Crippen molar-refractivity contribution in [2.24, 2.45) is 0 Å². The van der Waals surface area contributed by atoms with Gasteiger partial charge in [0.25, 0.3) is 0 Å². The van der Waals surface area contributed by atoms with Crippen molar-refractivity contribution in [3.63, 3.8) is 0 Å². The molecule has 1 heterocycles. The van der Waals surface area contributed by atoms with Gasteiger partial charge in [0.05, 0.1) is 11.3 Å². The maximum Gasteiger partial charge on any atom is 0.159 e. The van der Waals surface area contributed by atoms with Crippen LogP contribution in [0.5, 0.6) is 0 Å². The second-order valence-corrected chi connectivity index (χ2v) is 6.23. The van der Waals surface area contributed by atoms with Gasteiger partial charge < -0.3 is 10.2 Å². The molecule has 0 amide bonds. The molecule has 1 aliphatic rings. The number of anilines is 2. The van der Waals surface area contributed by atoms with E-state index in [0.29, 0.717) is 23.7 Å². The lowest BCUT2D eigenvalue weighted by Gasteiger charge is -2.25. The summed E-state index contributed by atoms with van der Waals surface area (Å²) < 4.78 is 0. The Bertz CT molecular complexity index is 807. The van der Waals surface area contributed by atoms with Crippen LogP contribution in [0.25, 0.3) is 0 Å². The van der Waals surface area contributed by atoms with E-state index in [9.17, 15) is 10.1 Å². The zero-order chi connectivity index (χ0) is 17.1. The molecule has 2 aromatic rings. The van der Waals surface area contributed by atoms with Gasteiger partial charge in [-0.25, -0.2) is 0 Å². The van der Waals surface area contributed by atoms with Crippen LogP contribution in [-0.4, -0.2) is 24.9 Å². The van der Waals surface area contributed by atoms with E-state index in [1.165, 1.54) is 18.2 Å². The van der Waals surface area contributed by atoms with Crippen molar-refractivity contribution in [3.8, 4) is 6.07 Å². The quantitative estimate of drug-likeness (QED) is 0.855. The van der Waals surface area contributed by atoms with E-state index in [1.54, 1.807) is 18.2 Å². The van der Waals surface area contributed by atoms with E-state index in [0.717, 1.165) is 18.7 Å². The van der Waals surface area contributed by atoms with Gasteiger partial charge in [-0.15, -0.1) is 0 Å². The van der Waals surface area contributed by atoms with Crippen LogP contribution in [0.3, 0.4) is 0 Å². The van der Waals surface area contributed by atoms with Gasteiger partial charge in [0.2, 0.25) is 0 Å². The molecule has 0 aliphatic carbocycles. The van der Waals surface area contributed by atoms with Crippen molar-refractivity contribution in [2.45, 2.75) is 26.3 Å². The number of fused-ring (bicyclic) bond motifs is 1. The Morgan fingerprint density at radius 2 is 2.12 bits per heavy atom. The molecule has 24 heavy (non-hydrogen) atoms. The average molecular weight is 319 g/mol. The lowest BCUT2D eigenvalue weighted by Crippen LogP contribution is -2.33. The third kappa shape index (κ3) is 3.11. The topological polar surface area (TPSA) is 56.1 Å². The Kier molecular flexibility index (Phi) is 4.52. The fraction of sp³-hybridized carbons (Fsp3) is 0.300. The summed E-state index contributed by atoms with van der Waals surface area (Å²) in [6.45, 7) is 5.34. The fourth-order valence-corrected chi connectivity index (χ4v) is 3.29. The number of hydrogen-bond acceptors (Lipinski definition) is 4. The highest BCUT2D eigenvalue weighted by Gasteiger charge is 2.24. The summed E-state index contributed by atoms with van der Waals surface area (Å²) in [6, 6.07) is 16.3. The molecule has 122 valence electrons. The normalized spacial score (nSPS) is 15.7. The number of hydrogen-bond donors (Lipinski definition) is 1. The number of rotatable bonds is 5. The average Bonchev–Trinajstić information content (AvgIpc) is 2.90. The van der Waals surface area contributed by atoms with Gasteiger partial charge in [0.15, 0.2) is 5.78 Å². The minimum atomic E-state index is 0.00429. The van der Waals surface area contributed by atoms with Crippen LogP contribution in [0.15, 0.2) is 42.5 Å². The number of para-hydroxylation sites is 1. The number of nitriles is 1. The van der Waals surface area contributed by atoms with Crippen LogP contribution in [0, 0.1) is 11.3 Å². The van der Waals surface area contributed by atoms with Gasteiger partial charge in [-0.2, -0.15) is 5.26 Å². The van der Waals surface area contributed by atoms with E-state index >= 15 is 0 Å². The smallest absolute Gasteiger partial charge is 0.159 e. The van der Waals surface area contributed by atoms with E-state index < -0.39 is 0 Å². The van der Waals surface area contributed by atoms with Crippen molar-refractivity contribution in [1.29, 1.82) is 5.26 Å². The molecule has 1 atom stereocenters. The molecule has 0 aromatic heterocycles. The Morgan fingerprint density at radius 3 is 2.88 bits per heavy atom. The molecule has 0 saturated carbocycles. The highest BCUT2D eigenvalue weighted by Crippen LogP contribution is 2.31. The van der Waals surface area contributed by atoms with Gasteiger partial charge in [-0.05, 0) is 50.1 Å². The monoisotopic (exact) mass is 319 g/mol. The molecule has 1 N–H and O–H groups in total. The number of carbonyl (C=O) groups excluding carboxylic acids is 1. The van der Waals surface area contributed by atoms with Gasteiger partial charge in [-0.3, -0.25) is 4.79 Å². The van der Waals surface area contributed by atoms with Crippen molar-refractivity contribution >= 4 is 17.2 Å². The van der Waals surface area contributed by atoms with Crippen LogP contribution in [0.4, 0.5) is 11.4 Å². The van der Waals surface area contributed by atoms with Gasteiger partial charge in [0, 0.05) is 30.4 Å². The lowest BCUT2D eigenvalue weighted by molar-refractivity contribution is 0.101. The zero-order valence-corrected chi connectivity index (χ0v) is 14.0. The number of ketones is 1.